The fourth-order valence-electron chi connectivity index (χ4n) is 5.26. The van der Waals surface area contributed by atoms with Gasteiger partial charge in [-0.25, -0.2) is 0 Å². The standard InChI is InChI=1S/C17H23NO/c19-18(11-12-4-2-1-3-5-12)17-15-7-13-6-14(9-15)10-16(17)8-13/h1-5,13-17,19H,6-11H2. The normalized spacial score (nSPS) is 40.0. The van der Waals surface area contributed by atoms with Gasteiger partial charge < -0.3 is 5.21 Å². The molecule has 2 heteroatoms. The van der Waals surface area contributed by atoms with E-state index in [1.54, 1.807) is 5.06 Å². The SMILES string of the molecule is ON(Cc1ccccc1)C1C2CC3CC(C2)CC1C3. The third kappa shape index (κ3) is 2.11. The van der Waals surface area contributed by atoms with Crippen LogP contribution in [-0.4, -0.2) is 16.3 Å². The Morgan fingerprint density at radius 1 is 0.895 bits per heavy atom. The van der Waals surface area contributed by atoms with Crippen LogP contribution < -0.4 is 0 Å². The van der Waals surface area contributed by atoms with Crippen molar-refractivity contribution in [3.8, 4) is 0 Å². The maximum absolute atomic E-state index is 10.6. The molecule has 4 aliphatic rings. The lowest BCUT2D eigenvalue weighted by Crippen LogP contribution is -2.54. The lowest BCUT2D eigenvalue weighted by molar-refractivity contribution is -0.203. The molecule has 4 fully saturated rings. The minimum atomic E-state index is 0.424. The summed E-state index contributed by atoms with van der Waals surface area (Å²) in [7, 11) is 0. The van der Waals surface area contributed by atoms with Gasteiger partial charge >= 0.3 is 0 Å². The number of hydrogen-bond acceptors (Lipinski definition) is 2. The number of hydrogen-bond donors (Lipinski definition) is 1. The predicted octanol–water partition coefficient (Wildman–Crippen LogP) is 3.70. The summed E-state index contributed by atoms with van der Waals surface area (Å²) < 4.78 is 0. The molecule has 2 nitrogen and oxygen atoms in total. The van der Waals surface area contributed by atoms with Crippen LogP contribution in [0.1, 0.15) is 37.7 Å². The van der Waals surface area contributed by atoms with E-state index >= 15 is 0 Å². The molecule has 5 rings (SSSR count). The first kappa shape index (κ1) is 11.9. The van der Waals surface area contributed by atoms with Crippen molar-refractivity contribution in [1.82, 2.24) is 5.06 Å². The molecule has 102 valence electrons. The summed E-state index contributed by atoms with van der Waals surface area (Å²) >= 11 is 0. The number of benzene rings is 1. The molecule has 1 aromatic carbocycles. The lowest BCUT2D eigenvalue weighted by Gasteiger charge is -2.55. The van der Waals surface area contributed by atoms with E-state index in [4.69, 9.17) is 0 Å². The molecule has 4 bridgehead atoms. The van der Waals surface area contributed by atoms with Crippen molar-refractivity contribution < 1.29 is 5.21 Å². The van der Waals surface area contributed by atoms with Crippen molar-refractivity contribution in [2.75, 3.05) is 0 Å². The maximum Gasteiger partial charge on any atom is 0.0492 e. The second-order valence-electron chi connectivity index (χ2n) is 7.00. The Labute approximate surface area is 115 Å². The van der Waals surface area contributed by atoms with Crippen molar-refractivity contribution in [1.29, 1.82) is 0 Å². The highest BCUT2D eigenvalue weighted by Crippen LogP contribution is 2.55. The molecular weight excluding hydrogens is 234 g/mol. The average molecular weight is 257 g/mol. The van der Waals surface area contributed by atoms with Crippen molar-refractivity contribution in [3.05, 3.63) is 35.9 Å². The van der Waals surface area contributed by atoms with Crippen molar-refractivity contribution >= 4 is 0 Å². The molecule has 0 aliphatic heterocycles. The molecule has 0 radical (unpaired) electrons. The van der Waals surface area contributed by atoms with Crippen LogP contribution in [0, 0.1) is 23.7 Å². The highest BCUT2D eigenvalue weighted by molar-refractivity contribution is 5.14. The van der Waals surface area contributed by atoms with Crippen molar-refractivity contribution in [3.63, 3.8) is 0 Å². The maximum atomic E-state index is 10.6. The highest BCUT2D eigenvalue weighted by Gasteiger charge is 2.50. The van der Waals surface area contributed by atoms with E-state index in [2.05, 4.69) is 24.3 Å². The van der Waals surface area contributed by atoms with Gasteiger partial charge in [-0.3, -0.25) is 0 Å². The molecule has 4 saturated carbocycles. The first-order valence-electron chi connectivity index (χ1n) is 7.79. The lowest BCUT2D eigenvalue weighted by atomic mass is 9.54. The first-order valence-corrected chi connectivity index (χ1v) is 7.79. The van der Waals surface area contributed by atoms with Crippen LogP contribution in [0.15, 0.2) is 30.3 Å². The third-order valence-electron chi connectivity index (χ3n) is 5.71. The average Bonchev–Trinajstić information content (AvgIpc) is 2.38. The van der Waals surface area contributed by atoms with E-state index in [-0.39, 0.29) is 0 Å². The van der Waals surface area contributed by atoms with E-state index in [0.717, 1.165) is 23.7 Å². The van der Waals surface area contributed by atoms with Crippen LogP contribution >= 0.6 is 0 Å². The Kier molecular flexibility index (Phi) is 2.89. The van der Waals surface area contributed by atoms with Gasteiger partial charge in [0.15, 0.2) is 0 Å². The van der Waals surface area contributed by atoms with Crippen molar-refractivity contribution in [2.24, 2.45) is 23.7 Å². The molecule has 0 amide bonds. The zero-order chi connectivity index (χ0) is 12.8. The largest absolute Gasteiger partial charge is 0.313 e. The first-order chi connectivity index (χ1) is 9.29. The molecule has 0 spiro atoms. The molecular formula is C17H23NO. The molecule has 0 saturated heterocycles. The Morgan fingerprint density at radius 3 is 2.05 bits per heavy atom. The van der Waals surface area contributed by atoms with E-state index < -0.39 is 0 Å². The summed E-state index contributed by atoms with van der Waals surface area (Å²) in [6.07, 6.45) is 6.93. The summed E-state index contributed by atoms with van der Waals surface area (Å²) in [5.74, 6) is 3.46. The van der Waals surface area contributed by atoms with Crippen LogP contribution in [0.3, 0.4) is 0 Å². The van der Waals surface area contributed by atoms with Gasteiger partial charge in [-0.05, 0) is 61.3 Å². The van der Waals surface area contributed by atoms with Gasteiger partial charge in [0, 0.05) is 12.6 Å². The molecule has 19 heavy (non-hydrogen) atoms. The smallest absolute Gasteiger partial charge is 0.0492 e. The molecule has 0 atom stereocenters. The van der Waals surface area contributed by atoms with E-state index in [9.17, 15) is 5.21 Å². The fourth-order valence-corrected chi connectivity index (χ4v) is 5.26. The number of hydroxylamine groups is 2. The quantitative estimate of drug-likeness (QED) is 0.835. The van der Waals surface area contributed by atoms with E-state index in [1.807, 2.05) is 6.07 Å². The summed E-state index contributed by atoms with van der Waals surface area (Å²) in [5, 5.41) is 12.2. The zero-order valence-electron chi connectivity index (χ0n) is 11.4. The Morgan fingerprint density at radius 2 is 1.47 bits per heavy atom. The van der Waals surface area contributed by atoms with Crippen LogP contribution in [0.25, 0.3) is 0 Å². The van der Waals surface area contributed by atoms with Gasteiger partial charge in [-0.1, -0.05) is 30.3 Å². The van der Waals surface area contributed by atoms with Gasteiger partial charge in [0.1, 0.15) is 0 Å². The Hall–Kier alpha value is -0.860. The molecule has 1 N–H and O–H groups in total. The second kappa shape index (κ2) is 4.60. The third-order valence-corrected chi connectivity index (χ3v) is 5.71. The Balaban J connectivity index is 1.50. The summed E-state index contributed by atoms with van der Waals surface area (Å²) in [6, 6.07) is 10.8. The minimum Gasteiger partial charge on any atom is -0.313 e. The molecule has 4 aliphatic carbocycles. The Bertz CT molecular complexity index is 416. The topological polar surface area (TPSA) is 23.5 Å². The summed E-state index contributed by atoms with van der Waals surface area (Å²) in [4.78, 5) is 0. The molecule has 0 unspecified atom stereocenters. The monoisotopic (exact) mass is 257 g/mol. The van der Waals surface area contributed by atoms with Crippen LogP contribution in [0.5, 0.6) is 0 Å². The zero-order valence-corrected chi connectivity index (χ0v) is 11.4. The highest BCUT2D eigenvalue weighted by atomic mass is 16.5. The second-order valence-corrected chi connectivity index (χ2v) is 7.00. The predicted molar refractivity (Wildman–Crippen MR) is 74.6 cm³/mol. The van der Waals surface area contributed by atoms with Gasteiger partial charge in [0.2, 0.25) is 0 Å². The minimum absolute atomic E-state index is 0.424. The van der Waals surface area contributed by atoms with E-state index in [1.165, 1.54) is 37.7 Å². The molecule has 1 aromatic rings. The molecule has 0 heterocycles. The van der Waals surface area contributed by atoms with Gasteiger partial charge in [-0.15, -0.1) is 0 Å². The van der Waals surface area contributed by atoms with Crippen LogP contribution in [0.2, 0.25) is 0 Å². The van der Waals surface area contributed by atoms with Gasteiger partial charge in [0.05, 0.1) is 0 Å². The van der Waals surface area contributed by atoms with Crippen molar-refractivity contribution in [2.45, 2.75) is 44.7 Å². The summed E-state index contributed by atoms with van der Waals surface area (Å²) in [5.41, 5.74) is 1.22. The molecule has 0 aromatic heterocycles. The van der Waals surface area contributed by atoms with Crippen LogP contribution in [0.4, 0.5) is 0 Å². The van der Waals surface area contributed by atoms with Crippen LogP contribution in [-0.2, 0) is 6.54 Å². The summed E-state index contributed by atoms with van der Waals surface area (Å²) in [6.45, 7) is 0.688. The number of rotatable bonds is 3. The van der Waals surface area contributed by atoms with Gasteiger partial charge in [-0.2, -0.15) is 5.06 Å². The fraction of sp³-hybridized carbons (Fsp3) is 0.647. The van der Waals surface area contributed by atoms with E-state index in [0.29, 0.717) is 12.6 Å². The van der Waals surface area contributed by atoms with Gasteiger partial charge in [0.25, 0.3) is 0 Å². The number of nitrogens with zero attached hydrogens (tertiary/aromatic N) is 1.